The van der Waals surface area contributed by atoms with Gasteiger partial charge in [0.25, 0.3) is 0 Å². The predicted molar refractivity (Wildman–Crippen MR) is 89.3 cm³/mol. The Morgan fingerprint density at radius 3 is 2.84 bits per heavy atom. The minimum Gasteiger partial charge on any atom is -0.406 e. The van der Waals surface area contributed by atoms with Crippen LogP contribution in [-0.2, 0) is 4.79 Å². The summed E-state index contributed by atoms with van der Waals surface area (Å²) in [7, 11) is 0. The van der Waals surface area contributed by atoms with Gasteiger partial charge in [-0.15, -0.1) is 13.2 Å². The minimum atomic E-state index is -4.72. The molecule has 140 valence electrons. The zero-order valence-corrected chi connectivity index (χ0v) is 14.3. The van der Waals surface area contributed by atoms with Gasteiger partial charge in [-0.3, -0.25) is 4.79 Å². The third kappa shape index (κ3) is 5.52. The van der Waals surface area contributed by atoms with Crippen molar-refractivity contribution in [3.63, 3.8) is 0 Å². The number of carbonyl (C=O) groups excluding carboxylic acids is 1. The molecule has 1 saturated heterocycles. The van der Waals surface area contributed by atoms with Gasteiger partial charge in [-0.05, 0) is 24.5 Å². The van der Waals surface area contributed by atoms with Crippen LogP contribution in [0.2, 0.25) is 0 Å². The number of ether oxygens (including phenoxy) is 1. The number of hydrogen-bond acceptors (Lipinski definition) is 4. The minimum absolute atomic E-state index is 0.0743. The number of halogens is 3. The van der Waals surface area contributed by atoms with E-state index in [1.807, 2.05) is 18.7 Å². The van der Waals surface area contributed by atoms with Crippen molar-refractivity contribution in [1.29, 1.82) is 0 Å². The maximum atomic E-state index is 12.3. The Kier molecular flexibility index (Phi) is 6.16. The number of hydrogen-bond donors (Lipinski definition) is 2. The molecule has 0 bridgehead atoms. The molecule has 1 aliphatic heterocycles. The smallest absolute Gasteiger partial charge is 0.406 e. The van der Waals surface area contributed by atoms with Gasteiger partial charge in [-0.25, -0.2) is 0 Å². The topological polar surface area (TPSA) is 67.6 Å². The van der Waals surface area contributed by atoms with E-state index in [1.54, 1.807) is 6.07 Å². The maximum absolute atomic E-state index is 12.3. The summed E-state index contributed by atoms with van der Waals surface area (Å²) in [5.41, 5.74) is 6.55. The Morgan fingerprint density at radius 1 is 1.48 bits per heavy atom. The summed E-state index contributed by atoms with van der Waals surface area (Å²) in [5.74, 6) is -0.347. The van der Waals surface area contributed by atoms with Crippen molar-refractivity contribution in [2.45, 2.75) is 45.1 Å². The monoisotopic (exact) mass is 359 g/mol. The van der Waals surface area contributed by atoms with Crippen LogP contribution in [0.15, 0.2) is 24.3 Å². The zero-order valence-electron chi connectivity index (χ0n) is 14.3. The fraction of sp³-hybridized carbons (Fsp3) is 0.588. The molecule has 0 saturated carbocycles. The lowest BCUT2D eigenvalue weighted by atomic mass is 9.99. The number of benzene rings is 1. The molecule has 25 heavy (non-hydrogen) atoms. The van der Waals surface area contributed by atoms with Crippen LogP contribution in [0.4, 0.5) is 18.9 Å². The Morgan fingerprint density at radius 2 is 2.20 bits per heavy atom. The highest BCUT2D eigenvalue weighted by Gasteiger charge is 2.32. The SMILES string of the molecule is CCC(C)C(N)C(=O)NC1CCN(c2cccc(OC(F)(F)F)c2)C1. The third-order valence-electron chi connectivity index (χ3n) is 4.51. The third-order valence-corrected chi connectivity index (χ3v) is 4.51. The molecule has 0 radical (unpaired) electrons. The molecule has 2 rings (SSSR count). The predicted octanol–water partition coefficient (Wildman–Crippen LogP) is 2.65. The van der Waals surface area contributed by atoms with Crippen molar-refractivity contribution in [2.75, 3.05) is 18.0 Å². The van der Waals surface area contributed by atoms with Crippen LogP contribution in [0.3, 0.4) is 0 Å². The fourth-order valence-corrected chi connectivity index (χ4v) is 2.80. The zero-order chi connectivity index (χ0) is 18.6. The van der Waals surface area contributed by atoms with E-state index in [0.717, 1.165) is 6.42 Å². The van der Waals surface area contributed by atoms with Crippen molar-refractivity contribution >= 4 is 11.6 Å². The molecule has 3 N–H and O–H groups in total. The number of nitrogens with zero attached hydrogens (tertiary/aromatic N) is 1. The first-order valence-electron chi connectivity index (χ1n) is 8.36. The summed E-state index contributed by atoms with van der Waals surface area (Å²) in [4.78, 5) is 14.1. The summed E-state index contributed by atoms with van der Waals surface area (Å²) in [6.45, 7) is 5.07. The number of anilines is 1. The molecule has 0 aromatic heterocycles. The largest absolute Gasteiger partial charge is 0.573 e. The lowest BCUT2D eigenvalue weighted by Crippen LogP contribution is -2.49. The standard InChI is InChI=1S/C17H24F3N3O2/c1-3-11(2)15(21)16(24)22-12-7-8-23(10-12)13-5-4-6-14(9-13)25-17(18,19)20/h4-6,9,11-12,15H,3,7-8,10,21H2,1-2H3,(H,22,24). The van der Waals surface area contributed by atoms with Crippen LogP contribution in [0, 0.1) is 5.92 Å². The van der Waals surface area contributed by atoms with Gasteiger partial charge in [0.05, 0.1) is 6.04 Å². The first kappa shape index (κ1) is 19.4. The summed E-state index contributed by atoms with van der Waals surface area (Å²) in [5, 5.41) is 2.93. The van der Waals surface area contributed by atoms with Crippen molar-refractivity contribution < 1.29 is 22.7 Å². The highest BCUT2D eigenvalue weighted by molar-refractivity contribution is 5.82. The lowest BCUT2D eigenvalue weighted by molar-refractivity contribution is -0.274. The van der Waals surface area contributed by atoms with E-state index < -0.39 is 12.4 Å². The molecule has 1 fully saturated rings. The van der Waals surface area contributed by atoms with E-state index in [1.165, 1.54) is 18.2 Å². The Bertz CT molecular complexity index is 595. The van der Waals surface area contributed by atoms with E-state index in [-0.39, 0.29) is 23.6 Å². The van der Waals surface area contributed by atoms with E-state index in [4.69, 9.17) is 5.73 Å². The number of carbonyl (C=O) groups is 1. The van der Waals surface area contributed by atoms with Gasteiger partial charge in [0, 0.05) is 30.9 Å². The second kappa shape index (κ2) is 7.95. The molecule has 1 heterocycles. The van der Waals surface area contributed by atoms with Gasteiger partial charge in [0.15, 0.2) is 0 Å². The van der Waals surface area contributed by atoms with Crippen LogP contribution in [0.1, 0.15) is 26.7 Å². The summed E-state index contributed by atoms with van der Waals surface area (Å²) in [6, 6.07) is 5.22. The average Bonchev–Trinajstić information content (AvgIpc) is 3.00. The molecule has 3 unspecified atom stereocenters. The summed E-state index contributed by atoms with van der Waals surface area (Å²) >= 11 is 0. The molecule has 1 amide bonds. The number of nitrogens with one attached hydrogen (secondary N) is 1. The second-order valence-electron chi connectivity index (χ2n) is 6.40. The summed E-state index contributed by atoms with van der Waals surface area (Å²) in [6.07, 6.45) is -3.19. The molecule has 1 aliphatic rings. The van der Waals surface area contributed by atoms with Crippen molar-refractivity contribution in [2.24, 2.45) is 11.7 Å². The van der Waals surface area contributed by atoms with E-state index in [0.29, 0.717) is 25.2 Å². The second-order valence-corrected chi connectivity index (χ2v) is 6.40. The van der Waals surface area contributed by atoms with Crippen LogP contribution in [-0.4, -0.2) is 37.4 Å². The Labute approximate surface area is 145 Å². The van der Waals surface area contributed by atoms with Crippen LogP contribution < -0.4 is 20.7 Å². The molecule has 0 spiro atoms. The van der Waals surface area contributed by atoms with E-state index >= 15 is 0 Å². The van der Waals surface area contributed by atoms with Crippen molar-refractivity contribution in [1.82, 2.24) is 5.32 Å². The molecule has 3 atom stereocenters. The Hall–Kier alpha value is -1.96. The average molecular weight is 359 g/mol. The number of alkyl halides is 3. The van der Waals surface area contributed by atoms with Gasteiger partial charge in [0.2, 0.25) is 5.91 Å². The number of nitrogens with two attached hydrogens (primary N) is 1. The highest BCUT2D eigenvalue weighted by atomic mass is 19.4. The van der Waals surface area contributed by atoms with E-state index in [9.17, 15) is 18.0 Å². The molecular weight excluding hydrogens is 335 g/mol. The van der Waals surface area contributed by atoms with E-state index in [2.05, 4.69) is 10.1 Å². The van der Waals surface area contributed by atoms with Crippen LogP contribution >= 0.6 is 0 Å². The summed E-state index contributed by atoms with van der Waals surface area (Å²) < 4.78 is 40.9. The quantitative estimate of drug-likeness (QED) is 0.819. The Balaban J connectivity index is 1.94. The first-order chi connectivity index (χ1) is 11.7. The normalized spacial score (nSPS) is 20.2. The maximum Gasteiger partial charge on any atom is 0.573 e. The highest BCUT2D eigenvalue weighted by Crippen LogP contribution is 2.28. The molecular formula is C17H24F3N3O2. The molecule has 1 aromatic rings. The van der Waals surface area contributed by atoms with Crippen LogP contribution in [0.5, 0.6) is 5.75 Å². The van der Waals surface area contributed by atoms with Crippen molar-refractivity contribution in [3.05, 3.63) is 24.3 Å². The molecule has 5 nitrogen and oxygen atoms in total. The van der Waals surface area contributed by atoms with Gasteiger partial charge in [0.1, 0.15) is 5.75 Å². The van der Waals surface area contributed by atoms with Crippen LogP contribution in [0.25, 0.3) is 0 Å². The van der Waals surface area contributed by atoms with Gasteiger partial charge >= 0.3 is 6.36 Å². The first-order valence-corrected chi connectivity index (χ1v) is 8.36. The number of amides is 1. The van der Waals surface area contributed by atoms with Crippen molar-refractivity contribution in [3.8, 4) is 5.75 Å². The van der Waals surface area contributed by atoms with Gasteiger partial charge in [-0.1, -0.05) is 26.3 Å². The van der Waals surface area contributed by atoms with Gasteiger partial charge < -0.3 is 20.7 Å². The van der Waals surface area contributed by atoms with Gasteiger partial charge in [-0.2, -0.15) is 0 Å². The molecule has 8 heteroatoms. The fourth-order valence-electron chi connectivity index (χ4n) is 2.80. The number of rotatable bonds is 6. The lowest BCUT2D eigenvalue weighted by Gasteiger charge is -2.22. The molecule has 1 aromatic carbocycles. The molecule has 0 aliphatic carbocycles.